The van der Waals surface area contributed by atoms with Crippen LogP contribution in [-0.2, 0) is 0 Å². The van der Waals surface area contributed by atoms with Crippen molar-refractivity contribution in [3.8, 4) is 0 Å². The normalized spacial score (nSPS) is 14.0. The Bertz CT molecular complexity index is 118. The number of hydrogen-bond acceptors (Lipinski definition) is 2. The summed E-state index contributed by atoms with van der Waals surface area (Å²) < 4.78 is 0. The highest BCUT2D eigenvalue weighted by Gasteiger charge is 2.03. The van der Waals surface area contributed by atoms with Crippen LogP contribution in [0.15, 0.2) is 10.3 Å². The number of nitrogens with one attached hydrogen (secondary N) is 1. The Hall–Kier alpha value is -0.930. The molecule has 0 bridgehead atoms. The lowest BCUT2D eigenvalue weighted by Crippen LogP contribution is -2.05. The molecule has 0 saturated carbocycles. The smallest absolute Gasteiger partial charge is 0.147 e. The topological polar surface area (TPSA) is 74.6 Å². The van der Waals surface area contributed by atoms with Gasteiger partial charge in [-0.1, -0.05) is 19.1 Å². The van der Waals surface area contributed by atoms with E-state index < -0.39 is 0 Å². The van der Waals surface area contributed by atoms with E-state index in [2.05, 4.69) is 10.3 Å². The molecule has 0 aliphatic carbocycles. The first-order valence-corrected chi connectivity index (χ1v) is 2.91. The van der Waals surface area contributed by atoms with E-state index in [1.807, 2.05) is 13.8 Å². The minimum absolute atomic E-state index is 0.164. The molecule has 4 heteroatoms. The summed E-state index contributed by atoms with van der Waals surface area (Å²) in [5.41, 5.74) is 0. The number of nitrogens with two attached hydrogens (primary N) is 1. The highest BCUT2D eigenvalue weighted by atomic mass is 15.3. The summed E-state index contributed by atoms with van der Waals surface area (Å²) in [6, 6.07) is 0. The summed E-state index contributed by atoms with van der Waals surface area (Å²) in [7, 11) is 0. The van der Waals surface area contributed by atoms with Crippen LogP contribution in [0.4, 0.5) is 0 Å². The molecule has 0 aromatic carbocycles. The molecular weight excluding hydrogens is 116 g/mol. The monoisotopic (exact) mass is 128 g/mol. The van der Waals surface area contributed by atoms with Gasteiger partial charge in [0.1, 0.15) is 5.84 Å². The Kier molecular flexibility index (Phi) is 3.59. The maximum absolute atomic E-state index is 7.15. The van der Waals surface area contributed by atoms with Gasteiger partial charge in [-0.25, -0.2) is 0 Å². The van der Waals surface area contributed by atoms with Gasteiger partial charge in [0, 0.05) is 5.92 Å². The molecule has 0 heterocycles. The van der Waals surface area contributed by atoms with Gasteiger partial charge in [-0.15, -0.1) is 5.11 Å². The lowest BCUT2D eigenvalue weighted by atomic mass is 10.1. The molecule has 4 nitrogen and oxygen atoms in total. The third-order valence-electron chi connectivity index (χ3n) is 1.24. The molecule has 0 radical (unpaired) electrons. The Labute approximate surface area is 54.6 Å². The number of amidine groups is 1. The summed E-state index contributed by atoms with van der Waals surface area (Å²) in [6.45, 7) is 3.91. The maximum atomic E-state index is 7.15. The Morgan fingerprint density at radius 2 is 2.33 bits per heavy atom. The first kappa shape index (κ1) is 8.07. The second kappa shape index (κ2) is 4.00. The van der Waals surface area contributed by atoms with Gasteiger partial charge < -0.3 is 5.84 Å². The van der Waals surface area contributed by atoms with Crippen molar-refractivity contribution < 1.29 is 0 Å². The lowest BCUT2D eigenvalue weighted by molar-refractivity contribution is 0.721. The van der Waals surface area contributed by atoms with E-state index in [0.717, 1.165) is 6.42 Å². The van der Waals surface area contributed by atoms with Crippen LogP contribution in [0.2, 0.25) is 0 Å². The van der Waals surface area contributed by atoms with Gasteiger partial charge in [0.05, 0.1) is 0 Å². The first-order chi connectivity index (χ1) is 4.22. The average Bonchev–Trinajstić information content (AvgIpc) is 1.87. The molecule has 0 aliphatic rings. The van der Waals surface area contributed by atoms with Crippen LogP contribution in [0.3, 0.4) is 0 Å². The van der Waals surface area contributed by atoms with Crippen LogP contribution in [0.25, 0.3) is 0 Å². The van der Waals surface area contributed by atoms with E-state index in [1.54, 1.807) is 0 Å². The molecule has 0 saturated heterocycles. The molecule has 0 fully saturated rings. The largest absolute Gasteiger partial charge is 0.305 e. The Morgan fingerprint density at radius 1 is 1.78 bits per heavy atom. The molecule has 0 rings (SSSR count). The van der Waals surface area contributed by atoms with E-state index >= 15 is 0 Å². The Morgan fingerprint density at radius 3 is 2.67 bits per heavy atom. The third kappa shape index (κ3) is 2.79. The second-order valence-electron chi connectivity index (χ2n) is 1.91. The van der Waals surface area contributed by atoms with Gasteiger partial charge in [-0.3, -0.25) is 5.41 Å². The van der Waals surface area contributed by atoms with E-state index in [-0.39, 0.29) is 11.8 Å². The number of nitrogens with zero attached hydrogens (tertiary/aromatic N) is 2. The van der Waals surface area contributed by atoms with E-state index in [1.165, 1.54) is 0 Å². The van der Waals surface area contributed by atoms with Gasteiger partial charge in [0.25, 0.3) is 0 Å². The first-order valence-electron chi connectivity index (χ1n) is 2.91. The second-order valence-corrected chi connectivity index (χ2v) is 1.91. The number of rotatable bonds is 2. The third-order valence-corrected chi connectivity index (χ3v) is 1.24. The highest BCUT2D eigenvalue weighted by Crippen LogP contribution is 2.02. The van der Waals surface area contributed by atoms with E-state index in [0.29, 0.717) is 0 Å². The van der Waals surface area contributed by atoms with Crippen molar-refractivity contribution in [1.82, 2.24) is 0 Å². The lowest BCUT2D eigenvalue weighted by Gasteiger charge is -2.01. The van der Waals surface area contributed by atoms with Crippen molar-refractivity contribution in [1.29, 1.82) is 5.41 Å². The molecular formula is C5H12N4. The summed E-state index contributed by atoms with van der Waals surface area (Å²) in [5, 5.41) is 13.5. The summed E-state index contributed by atoms with van der Waals surface area (Å²) >= 11 is 0. The molecule has 52 valence electrons. The molecule has 0 amide bonds. The predicted molar refractivity (Wildman–Crippen MR) is 36.2 cm³/mol. The zero-order chi connectivity index (χ0) is 7.28. The minimum atomic E-state index is 0.164. The summed E-state index contributed by atoms with van der Waals surface area (Å²) in [6.07, 6.45) is 0.901. The van der Waals surface area contributed by atoms with Crippen molar-refractivity contribution in [3.05, 3.63) is 0 Å². The molecule has 0 aromatic heterocycles. The fraction of sp³-hybridized carbons (Fsp3) is 0.800. The van der Waals surface area contributed by atoms with Crippen molar-refractivity contribution >= 4 is 5.84 Å². The average molecular weight is 128 g/mol. The molecule has 0 spiro atoms. The molecule has 1 atom stereocenters. The van der Waals surface area contributed by atoms with Crippen molar-refractivity contribution in [3.63, 3.8) is 0 Å². The van der Waals surface area contributed by atoms with Crippen LogP contribution in [0.1, 0.15) is 20.3 Å². The standard InChI is InChI=1S/C5H12N4/c1-3-4(2)5(6)8-9-7/h4H,3H2,1-2H3,(H3,6,7,8). The fourth-order valence-electron chi connectivity index (χ4n) is 0.354. The van der Waals surface area contributed by atoms with E-state index in [4.69, 9.17) is 11.3 Å². The van der Waals surface area contributed by atoms with Gasteiger partial charge in [0.2, 0.25) is 0 Å². The van der Waals surface area contributed by atoms with Gasteiger partial charge in [0.15, 0.2) is 0 Å². The maximum Gasteiger partial charge on any atom is 0.147 e. The summed E-state index contributed by atoms with van der Waals surface area (Å²) in [5.74, 6) is 5.15. The predicted octanol–water partition coefficient (Wildman–Crippen LogP) is 1.34. The van der Waals surface area contributed by atoms with Gasteiger partial charge in [-0.05, 0) is 6.42 Å². The molecule has 1 unspecified atom stereocenters. The number of hydrogen-bond donors (Lipinski definition) is 2. The Balaban J connectivity index is 3.73. The van der Waals surface area contributed by atoms with Crippen LogP contribution in [0.5, 0.6) is 0 Å². The minimum Gasteiger partial charge on any atom is -0.305 e. The fourth-order valence-corrected chi connectivity index (χ4v) is 0.354. The van der Waals surface area contributed by atoms with Crippen LogP contribution < -0.4 is 5.84 Å². The quantitative estimate of drug-likeness (QED) is 0.190. The SMILES string of the molecule is CCC(C)C(=N)N=NN. The summed E-state index contributed by atoms with van der Waals surface area (Å²) in [4.78, 5) is 0. The zero-order valence-corrected chi connectivity index (χ0v) is 5.76. The van der Waals surface area contributed by atoms with Crippen LogP contribution in [0, 0.1) is 11.3 Å². The molecule has 0 aliphatic heterocycles. The molecule has 3 N–H and O–H groups in total. The van der Waals surface area contributed by atoms with Crippen LogP contribution >= 0.6 is 0 Å². The zero-order valence-electron chi connectivity index (χ0n) is 5.76. The van der Waals surface area contributed by atoms with Gasteiger partial charge >= 0.3 is 0 Å². The van der Waals surface area contributed by atoms with Crippen LogP contribution in [-0.4, -0.2) is 5.84 Å². The highest BCUT2D eigenvalue weighted by molar-refractivity contribution is 5.81. The molecule has 0 aromatic rings. The molecule has 9 heavy (non-hydrogen) atoms. The van der Waals surface area contributed by atoms with Gasteiger partial charge in [-0.2, -0.15) is 0 Å². The van der Waals surface area contributed by atoms with Crippen molar-refractivity contribution in [2.24, 2.45) is 22.1 Å². The van der Waals surface area contributed by atoms with Crippen molar-refractivity contribution in [2.45, 2.75) is 20.3 Å². The van der Waals surface area contributed by atoms with Crippen molar-refractivity contribution in [2.75, 3.05) is 0 Å². The van der Waals surface area contributed by atoms with E-state index in [9.17, 15) is 0 Å².